The van der Waals surface area contributed by atoms with Gasteiger partial charge in [-0.1, -0.05) is 30.3 Å². The predicted octanol–water partition coefficient (Wildman–Crippen LogP) is 2.53. The Kier molecular flexibility index (Phi) is 4.79. The molecule has 5 heteroatoms. The lowest BCUT2D eigenvalue weighted by Crippen LogP contribution is -2.17. The molecule has 0 aliphatic heterocycles. The highest BCUT2D eigenvalue weighted by molar-refractivity contribution is 5.77. The molecule has 0 bridgehead atoms. The Bertz CT molecular complexity index is 609. The van der Waals surface area contributed by atoms with Crippen LogP contribution in [0.15, 0.2) is 48.5 Å². The van der Waals surface area contributed by atoms with Gasteiger partial charge >= 0.3 is 5.97 Å². The lowest BCUT2D eigenvalue weighted by atomic mass is 10.1. The number of esters is 1. The lowest BCUT2D eigenvalue weighted by Gasteiger charge is -2.16. The van der Waals surface area contributed by atoms with E-state index in [1.165, 1.54) is 25.3 Å². The smallest absolute Gasteiger partial charge is 0.340 e. The van der Waals surface area contributed by atoms with E-state index in [1.54, 1.807) is 0 Å². The summed E-state index contributed by atoms with van der Waals surface area (Å²) in [5, 5.41) is 19.2. The summed E-state index contributed by atoms with van der Waals surface area (Å²) in [6.07, 6.45) is -1.10. The fourth-order valence-electron chi connectivity index (χ4n) is 1.91. The average Bonchev–Trinajstić information content (AvgIpc) is 2.50. The summed E-state index contributed by atoms with van der Waals surface area (Å²) in [6, 6.07) is 13.1. The number of methoxy groups -OCH3 is 1. The molecule has 0 radical (unpaired) electrons. The second-order valence-electron chi connectivity index (χ2n) is 4.45. The predicted molar refractivity (Wildman–Crippen MR) is 75.8 cm³/mol. The van der Waals surface area contributed by atoms with Gasteiger partial charge in [0.05, 0.1) is 0 Å². The quantitative estimate of drug-likeness (QED) is 0.653. The van der Waals surface area contributed by atoms with E-state index in [0.717, 1.165) is 5.56 Å². The first-order chi connectivity index (χ1) is 10.1. The molecule has 0 saturated carbocycles. The molecule has 110 valence electrons. The van der Waals surface area contributed by atoms with Crippen molar-refractivity contribution >= 4 is 5.97 Å². The topological polar surface area (TPSA) is 76.0 Å². The molecule has 0 aliphatic carbocycles. The van der Waals surface area contributed by atoms with Gasteiger partial charge in [0.1, 0.15) is 18.1 Å². The summed E-state index contributed by atoms with van der Waals surface area (Å²) >= 11 is 0. The molecule has 5 nitrogen and oxygen atoms in total. The monoisotopic (exact) mass is 288 g/mol. The SMILES string of the molecule is COC(C(=O)OCc1ccccc1)c1cc(O)ccc1O. The number of benzene rings is 2. The van der Waals surface area contributed by atoms with Gasteiger partial charge in [-0.3, -0.25) is 0 Å². The average molecular weight is 288 g/mol. The van der Waals surface area contributed by atoms with Gasteiger partial charge < -0.3 is 19.7 Å². The molecule has 0 heterocycles. The van der Waals surface area contributed by atoms with Crippen LogP contribution in [0.2, 0.25) is 0 Å². The fourth-order valence-corrected chi connectivity index (χ4v) is 1.91. The zero-order chi connectivity index (χ0) is 15.2. The Labute approximate surface area is 122 Å². The van der Waals surface area contributed by atoms with Gasteiger partial charge in [-0.05, 0) is 23.8 Å². The van der Waals surface area contributed by atoms with Crippen LogP contribution in [0.1, 0.15) is 17.2 Å². The van der Waals surface area contributed by atoms with Crippen molar-refractivity contribution < 1.29 is 24.5 Å². The normalized spacial score (nSPS) is 11.9. The Morgan fingerprint density at radius 1 is 1.14 bits per heavy atom. The van der Waals surface area contributed by atoms with E-state index >= 15 is 0 Å². The van der Waals surface area contributed by atoms with E-state index in [0.29, 0.717) is 0 Å². The second-order valence-corrected chi connectivity index (χ2v) is 4.45. The van der Waals surface area contributed by atoms with E-state index in [9.17, 15) is 15.0 Å². The first kappa shape index (κ1) is 14.9. The molecule has 0 amide bonds. The standard InChI is InChI=1S/C16H16O5/c1-20-15(13-9-12(17)7-8-14(13)18)16(19)21-10-11-5-3-2-4-6-11/h2-9,15,17-18H,10H2,1H3. The van der Waals surface area contributed by atoms with Gasteiger partial charge in [0.2, 0.25) is 0 Å². The molecule has 0 saturated heterocycles. The van der Waals surface area contributed by atoms with Gasteiger partial charge in [-0.2, -0.15) is 0 Å². The molecule has 1 unspecified atom stereocenters. The summed E-state index contributed by atoms with van der Waals surface area (Å²) < 4.78 is 10.3. The van der Waals surface area contributed by atoms with Crippen molar-refractivity contribution in [2.24, 2.45) is 0 Å². The number of carbonyl (C=O) groups excluding carboxylic acids is 1. The van der Waals surface area contributed by atoms with Crippen molar-refractivity contribution in [2.75, 3.05) is 7.11 Å². The Balaban J connectivity index is 2.10. The maximum absolute atomic E-state index is 12.1. The van der Waals surface area contributed by atoms with E-state index in [4.69, 9.17) is 9.47 Å². The number of hydrogen-bond acceptors (Lipinski definition) is 5. The summed E-state index contributed by atoms with van der Waals surface area (Å²) in [4.78, 5) is 12.1. The van der Waals surface area contributed by atoms with Crippen molar-refractivity contribution in [3.8, 4) is 11.5 Å². The van der Waals surface area contributed by atoms with Crippen LogP contribution in [0, 0.1) is 0 Å². The Morgan fingerprint density at radius 3 is 2.52 bits per heavy atom. The third kappa shape index (κ3) is 3.73. The molecular weight excluding hydrogens is 272 g/mol. The summed E-state index contributed by atoms with van der Waals surface area (Å²) in [5.74, 6) is -0.848. The molecule has 2 aromatic rings. The van der Waals surface area contributed by atoms with E-state index < -0.39 is 12.1 Å². The van der Waals surface area contributed by atoms with E-state index in [-0.39, 0.29) is 23.7 Å². The third-order valence-electron chi connectivity index (χ3n) is 2.97. The van der Waals surface area contributed by atoms with Crippen LogP contribution in [0.25, 0.3) is 0 Å². The van der Waals surface area contributed by atoms with Gasteiger partial charge in [0.15, 0.2) is 6.10 Å². The zero-order valence-electron chi connectivity index (χ0n) is 11.5. The molecule has 2 N–H and O–H groups in total. The van der Waals surface area contributed by atoms with Gasteiger partial charge in [-0.25, -0.2) is 4.79 Å². The Morgan fingerprint density at radius 2 is 1.86 bits per heavy atom. The number of aromatic hydroxyl groups is 2. The van der Waals surface area contributed by atoms with E-state index in [1.807, 2.05) is 30.3 Å². The maximum atomic E-state index is 12.1. The second kappa shape index (κ2) is 6.76. The molecule has 0 aromatic heterocycles. The molecule has 2 rings (SSSR count). The molecular formula is C16H16O5. The van der Waals surface area contributed by atoms with Crippen molar-refractivity contribution in [3.05, 3.63) is 59.7 Å². The highest BCUT2D eigenvalue weighted by Crippen LogP contribution is 2.30. The summed E-state index contributed by atoms with van der Waals surface area (Å²) in [5.41, 5.74) is 1.01. The van der Waals surface area contributed by atoms with Crippen LogP contribution in [0.4, 0.5) is 0 Å². The molecule has 0 fully saturated rings. The largest absolute Gasteiger partial charge is 0.508 e. The van der Waals surface area contributed by atoms with Gasteiger partial charge in [0.25, 0.3) is 0 Å². The highest BCUT2D eigenvalue weighted by Gasteiger charge is 2.25. The summed E-state index contributed by atoms with van der Waals surface area (Å²) in [6.45, 7) is 0.110. The molecule has 21 heavy (non-hydrogen) atoms. The minimum absolute atomic E-state index is 0.0688. The number of phenolic OH excluding ortho intramolecular Hbond substituents is 2. The van der Waals surface area contributed by atoms with Crippen LogP contribution in [-0.2, 0) is 20.9 Å². The minimum atomic E-state index is -1.10. The van der Waals surface area contributed by atoms with Crippen molar-refractivity contribution in [3.63, 3.8) is 0 Å². The van der Waals surface area contributed by atoms with Gasteiger partial charge in [0, 0.05) is 12.7 Å². The fraction of sp³-hybridized carbons (Fsp3) is 0.188. The Hall–Kier alpha value is -2.53. The number of phenols is 2. The molecule has 0 spiro atoms. The number of hydrogen-bond donors (Lipinski definition) is 2. The van der Waals surface area contributed by atoms with E-state index in [2.05, 4.69) is 0 Å². The highest BCUT2D eigenvalue weighted by atomic mass is 16.6. The van der Waals surface area contributed by atoms with Crippen LogP contribution in [0.5, 0.6) is 11.5 Å². The van der Waals surface area contributed by atoms with Crippen LogP contribution < -0.4 is 0 Å². The lowest BCUT2D eigenvalue weighted by molar-refractivity contribution is -0.157. The molecule has 1 atom stereocenters. The maximum Gasteiger partial charge on any atom is 0.340 e. The van der Waals surface area contributed by atoms with Crippen molar-refractivity contribution in [1.29, 1.82) is 0 Å². The first-order valence-corrected chi connectivity index (χ1v) is 6.37. The number of carbonyl (C=O) groups is 1. The minimum Gasteiger partial charge on any atom is -0.508 e. The molecule has 0 aliphatic rings. The third-order valence-corrected chi connectivity index (χ3v) is 2.97. The van der Waals surface area contributed by atoms with Crippen LogP contribution >= 0.6 is 0 Å². The van der Waals surface area contributed by atoms with Crippen molar-refractivity contribution in [2.45, 2.75) is 12.7 Å². The zero-order valence-corrected chi connectivity index (χ0v) is 11.5. The first-order valence-electron chi connectivity index (χ1n) is 6.37. The number of ether oxygens (including phenoxy) is 2. The number of rotatable bonds is 5. The molecule has 2 aromatic carbocycles. The van der Waals surface area contributed by atoms with Crippen molar-refractivity contribution in [1.82, 2.24) is 0 Å². The van der Waals surface area contributed by atoms with Gasteiger partial charge in [-0.15, -0.1) is 0 Å². The van der Waals surface area contributed by atoms with Crippen LogP contribution in [0.3, 0.4) is 0 Å². The summed E-state index contributed by atoms with van der Waals surface area (Å²) in [7, 11) is 1.33. The van der Waals surface area contributed by atoms with Crippen LogP contribution in [-0.4, -0.2) is 23.3 Å².